The predicted molar refractivity (Wildman–Crippen MR) is 366 cm³/mol. The van der Waals surface area contributed by atoms with Gasteiger partial charge >= 0.3 is 11.9 Å². The molecule has 550 valence electrons. The Kier molecular flexibility index (Phi) is 33.0. The molecule has 0 radical (unpaired) electrons. The van der Waals surface area contributed by atoms with Gasteiger partial charge in [-0.25, -0.2) is 19.6 Å². The fraction of sp³-hybridized carbons (Fsp3) is 0.484. The molecule has 0 aliphatic heterocycles. The van der Waals surface area contributed by atoms with Gasteiger partial charge in [0.1, 0.15) is 60.1 Å². The monoisotopic (exact) mass is 1430 g/mol. The number of aliphatic hydroxyl groups is 1. The molecule has 0 fully saturated rings. The number of aliphatic imine (C=N–C) groups is 1. The van der Waals surface area contributed by atoms with Crippen molar-refractivity contribution in [2.45, 2.75) is 159 Å². The molecule has 0 aliphatic carbocycles. The van der Waals surface area contributed by atoms with Crippen LogP contribution in [-0.2, 0) is 70.5 Å². The Balaban J connectivity index is 1.43. The minimum atomic E-state index is -1.80. The third-order valence-corrected chi connectivity index (χ3v) is 15.3. The summed E-state index contributed by atoms with van der Waals surface area (Å²) in [5, 5.41) is 65.0. The molecular formula is C62H88N20O18S. The Labute approximate surface area is 583 Å². The number of phenolic OH excluding ortho intramolecular Hbond substituents is 1. The summed E-state index contributed by atoms with van der Waals surface area (Å²) in [6, 6.07) is -3.08. The van der Waals surface area contributed by atoms with Crippen LogP contribution in [0.5, 0.6) is 5.75 Å². The number of aromatic amines is 1. The highest BCUT2D eigenvalue weighted by atomic mass is 32.1. The third kappa shape index (κ3) is 28.6. The standard InChI is InChI=1S/C62H88N20O18S/c1-29(2)22-40(72-47(87)20-17-39(60(99)100)75-50(88)32-9-11-33(12-10-32)69-25-34-26-70-49-48(71-34)58(96)82-62(67)81-49)53(91)79-43(27-83)56(94)80-44(28-101)57(95)74-37(16-19-46(64)86)52(90)77-41(23-30(3)4)54(92)78-42(24-31-7-13-35(84)14-8-31)55(93)73-36(15-18-45(63)85)51(89)76-38(59(97)98)6-5-21-68-61(65)66/h7-14,26,29-30,36-44,69,83-84,101H,5-6,15-25,27-28H2,1-4H3,(H2,63,85)(H2,64,86)(H,72,87)(H,73,93)(H,74,95)(H,75,88)(H,76,89)(H,77,90)(H,78,92)(H,79,91)(H,80,94)(H,97,98)(H,99,100)(H4,65,66,68)(H3,67,70,81,82,96)/t36-,37-,38-,39-,40-,41-,42-,43-,44-/m0/s1. The molecule has 0 unspecified atom stereocenters. The van der Waals surface area contributed by atoms with E-state index < -0.39 is 188 Å². The van der Waals surface area contributed by atoms with E-state index in [0.29, 0.717) is 16.9 Å². The maximum absolute atomic E-state index is 14.4. The topological polar surface area (TPSA) is 637 Å². The number of aromatic nitrogens is 4. The molecule has 0 bridgehead atoms. The second kappa shape index (κ2) is 40.6. The van der Waals surface area contributed by atoms with Crippen molar-refractivity contribution >= 4 is 118 Å². The lowest BCUT2D eigenvalue weighted by Gasteiger charge is -2.28. The number of benzene rings is 2. The van der Waals surface area contributed by atoms with Gasteiger partial charge in [-0.15, -0.1) is 0 Å². The van der Waals surface area contributed by atoms with E-state index >= 15 is 0 Å². The smallest absolute Gasteiger partial charge is 0.326 e. The van der Waals surface area contributed by atoms with Gasteiger partial charge in [0.2, 0.25) is 65.0 Å². The van der Waals surface area contributed by atoms with Crippen LogP contribution in [0.25, 0.3) is 11.2 Å². The first-order chi connectivity index (χ1) is 47.7. The number of guanidine groups is 1. The number of nitrogen functional groups attached to an aromatic ring is 1. The normalized spacial score (nSPS) is 13.7. The summed E-state index contributed by atoms with van der Waals surface area (Å²) < 4.78 is 0. The number of nitrogens with two attached hydrogens (primary N) is 5. The number of phenols is 1. The summed E-state index contributed by atoms with van der Waals surface area (Å²) in [6.45, 7) is 5.82. The number of fused-ring (bicyclic) bond motifs is 1. The largest absolute Gasteiger partial charge is 0.508 e. The Hall–Kier alpha value is -11.2. The Bertz CT molecular complexity index is 3690. The van der Waals surface area contributed by atoms with Crippen molar-refractivity contribution in [1.82, 2.24) is 67.8 Å². The summed E-state index contributed by atoms with van der Waals surface area (Å²) in [4.78, 5) is 204. The molecule has 4 rings (SSSR count). The first-order valence-electron chi connectivity index (χ1n) is 31.8. The minimum absolute atomic E-state index is 0.0142. The number of primary amides is 2. The highest BCUT2D eigenvalue weighted by Gasteiger charge is 2.36. The number of carbonyl (C=O) groups excluding carboxylic acids is 11. The van der Waals surface area contributed by atoms with Crippen molar-refractivity contribution in [2.24, 2.45) is 39.8 Å². The molecule has 2 heterocycles. The molecule has 101 heavy (non-hydrogen) atoms. The van der Waals surface area contributed by atoms with Gasteiger partial charge in [-0.05, 0) is 98.7 Å². The lowest BCUT2D eigenvalue weighted by Crippen LogP contribution is -2.61. The number of aromatic hydroxyl groups is 1. The quantitative estimate of drug-likeness (QED) is 0.00858. The van der Waals surface area contributed by atoms with Gasteiger partial charge in [0.05, 0.1) is 25.0 Å². The second-order valence-electron chi connectivity index (χ2n) is 24.2. The van der Waals surface area contributed by atoms with E-state index in [4.69, 9.17) is 28.7 Å². The molecule has 0 aliphatic rings. The number of carboxylic acids is 2. The summed E-state index contributed by atoms with van der Waals surface area (Å²) in [7, 11) is 0. The third-order valence-electron chi connectivity index (χ3n) is 14.9. The van der Waals surface area contributed by atoms with E-state index in [1.807, 2.05) is 0 Å². The van der Waals surface area contributed by atoms with Crippen LogP contribution in [0, 0.1) is 11.8 Å². The first-order valence-corrected chi connectivity index (χ1v) is 32.5. The lowest BCUT2D eigenvalue weighted by molar-refractivity contribution is -0.142. The van der Waals surface area contributed by atoms with Crippen LogP contribution in [0.15, 0.2) is 64.5 Å². The average molecular weight is 1430 g/mol. The molecular weight excluding hydrogens is 1340 g/mol. The van der Waals surface area contributed by atoms with Gasteiger partial charge in [0.15, 0.2) is 17.1 Å². The van der Waals surface area contributed by atoms with Crippen LogP contribution in [0.4, 0.5) is 11.6 Å². The fourth-order valence-corrected chi connectivity index (χ4v) is 9.94. The molecule has 4 aromatic rings. The molecule has 2 aromatic carbocycles. The summed E-state index contributed by atoms with van der Waals surface area (Å²) in [6.07, 6.45) is -2.04. The molecule has 11 amide bonds. The summed E-state index contributed by atoms with van der Waals surface area (Å²) in [5.41, 5.74) is 27.8. The van der Waals surface area contributed by atoms with Crippen molar-refractivity contribution in [3.05, 3.63) is 81.9 Å². The van der Waals surface area contributed by atoms with Gasteiger partial charge in [-0.2, -0.15) is 17.6 Å². The molecule has 0 saturated heterocycles. The van der Waals surface area contributed by atoms with Crippen LogP contribution in [0.2, 0.25) is 0 Å². The minimum Gasteiger partial charge on any atom is -0.508 e. The molecule has 38 nitrogen and oxygen atoms in total. The van der Waals surface area contributed by atoms with E-state index in [2.05, 4.69) is 90.7 Å². The van der Waals surface area contributed by atoms with Crippen LogP contribution >= 0.6 is 12.6 Å². The number of aliphatic hydroxyl groups excluding tert-OH is 1. The van der Waals surface area contributed by atoms with E-state index in [9.17, 15) is 87.5 Å². The number of nitrogens with zero attached hydrogens (tertiary/aromatic N) is 4. The Morgan fingerprint density at radius 1 is 0.564 bits per heavy atom. The van der Waals surface area contributed by atoms with Crippen LogP contribution < -0.4 is 87.4 Å². The average Bonchev–Trinajstić information content (AvgIpc) is 0.817. The number of amides is 11. The molecule has 0 saturated carbocycles. The highest BCUT2D eigenvalue weighted by molar-refractivity contribution is 7.80. The van der Waals surface area contributed by atoms with Gasteiger partial charge in [-0.3, -0.25) is 67.5 Å². The molecule has 9 atom stereocenters. The van der Waals surface area contributed by atoms with Crippen LogP contribution in [0.3, 0.4) is 0 Å². The SMILES string of the molecule is CC(C)C[C@H](NC(=O)CC[C@H](NC(=O)c1ccc(NCc2cnc3nc(N)[nH]c(=O)c3n2)cc1)C(=O)O)C(=O)N[C@@H](CO)C(=O)N[C@@H](CS)C(=O)N[C@@H](CCC(N)=O)C(=O)N[C@@H](CC(C)C)C(=O)N[C@@H](Cc1ccc(O)cc1)C(=O)N[C@@H](CCC(N)=O)C(=O)N[C@@H](CCCN=C(N)N)C(=O)O. The number of carbonyl (C=O) groups is 13. The number of nitrogens with one attached hydrogen (secondary N) is 11. The fourth-order valence-electron chi connectivity index (χ4n) is 9.68. The zero-order valence-corrected chi connectivity index (χ0v) is 56.7. The van der Waals surface area contributed by atoms with Gasteiger partial charge < -0.3 is 102 Å². The van der Waals surface area contributed by atoms with Crippen molar-refractivity contribution in [3.63, 3.8) is 0 Å². The molecule has 25 N–H and O–H groups in total. The zero-order chi connectivity index (χ0) is 75.2. The Morgan fingerprint density at radius 2 is 1.03 bits per heavy atom. The number of carboxylic acid groups (broad SMARTS) is 2. The molecule has 39 heteroatoms. The lowest BCUT2D eigenvalue weighted by atomic mass is 9.99. The Morgan fingerprint density at radius 3 is 1.55 bits per heavy atom. The van der Waals surface area contributed by atoms with Gasteiger partial charge in [0, 0.05) is 49.2 Å². The van der Waals surface area contributed by atoms with Crippen molar-refractivity contribution in [1.29, 1.82) is 0 Å². The number of rotatable bonds is 43. The predicted octanol–water partition coefficient (Wildman–Crippen LogP) is -4.62. The number of hydrogen-bond donors (Lipinski definition) is 21. The number of hydrogen-bond acceptors (Lipinski definition) is 23. The van der Waals surface area contributed by atoms with E-state index in [-0.39, 0.29) is 91.4 Å². The number of thiol groups is 1. The summed E-state index contributed by atoms with van der Waals surface area (Å²) >= 11 is 4.19. The van der Waals surface area contributed by atoms with Crippen molar-refractivity contribution in [3.8, 4) is 5.75 Å². The number of anilines is 2. The molecule has 2 aromatic heterocycles. The van der Waals surface area contributed by atoms with Crippen molar-refractivity contribution < 1.29 is 82.8 Å². The highest BCUT2D eigenvalue weighted by Crippen LogP contribution is 2.17. The molecule has 0 spiro atoms. The second-order valence-corrected chi connectivity index (χ2v) is 24.5. The number of H-pyrrole nitrogens is 1. The number of aliphatic carboxylic acids is 2. The first kappa shape index (κ1) is 82.2. The summed E-state index contributed by atoms with van der Waals surface area (Å²) in [5.74, 6) is -15.4. The van der Waals surface area contributed by atoms with E-state index in [0.717, 1.165) is 0 Å². The zero-order valence-electron chi connectivity index (χ0n) is 55.8. The van der Waals surface area contributed by atoms with Crippen LogP contribution in [-0.4, -0.2) is 197 Å². The van der Waals surface area contributed by atoms with Crippen molar-refractivity contribution in [2.75, 3.05) is 30.0 Å². The van der Waals surface area contributed by atoms with Gasteiger partial charge in [0.25, 0.3) is 11.5 Å². The van der Waals surface area contributed by atoms with Gasteiger partial charge in [-0.1, -0.05) is 39.8 Å². The maximum Gasteiger partial charge on any atom is 0.326 e. The maximum atomic E-state index is 14.4. The van der Waals surface area contributed by atoms with E-state index in [1.54, 1.807) is 27.7 Å². The van der Waals surface area contributed by atoms with Crippen LogP contribution in [0.1, 0.15) is 114 Å². The van der Waals surface area contributed by atoms with E-state index in [1.165, 1.54) is 54.7 Å².